The Balaban J connectivity index is 4.96. The summed E-state index contributed by atoms with van der Waals surface area (Å²) in [6.45, 7) is 7.04. The first-order valence-corrected chi connectivity index (χ1v) is 38.5. The van der Waals surface area contributed by atoms with Crippen molar-refractivity contribution in [3.63, 3.8) is 0 Å². The van der Waals surface area contributed by atoms with Crippen LogP contribution >= 0.6 is 7.82 Å². The van der Waals surface area contributed by atoms with E-state index in [1.165, 1.54) is 263 Å². The number of hydrogen-bond donors (Lipinski definition) is 2. The van der Waals surface area contributed by atoms with Gasteiger partial charge in [-0.2, -0.15) is 0 Å². The number of allylic oxidation sites excluding steroid dienone is 7. The third-order valence-corrected chi connectivity index (χ3v) is 17.8. The second-order valence-electron chi connectivity index (χ2n) is 26.5. The number of nitrogens with zero attached hydrogens (tertiary/aromatic N) is 1. The Morgan fingerprint density at radius 3 is 1.09 bits per heavy atom. The normalized spacial score (nSPS) is 13.7. The van der Waals surface area contributed by atoms with E-state index in [4.69, 9.17) is 13.8 Å². The number of esters is 1. The summed E-state index contributed by atoms with van der Waals surface area (Å²) in [5, 5.41) is 3.08. The number of phosphoric ester groups is 1. The number of hydrogen-bond acceptors (Lipinski definition) is 6. The molecule has 0 aromatic heterocycles. The molecule has 0 aliphatic rings. The van der Waals surface area contributed by atoms with E-state index in [0.717, 1.165) is 70.6 Å². The van der Waals surface area contributed by atoms with Crippen molar-refractivity contribution in [2.75, 3.05) is 40.9 Å². The third-order valence-electron chi connectivity index (χ3n) is 16.8. The summed E-state index contributed by atoms with van der Waals surface area (Å²) in [5.74, 6) is -0.489. The Morgan fingerprint density at radius 1 is 0.412 bits per heavy atom. The van der Waals surface area contributed by atoms with E-state index in [2.05, 4.69) is 62.5 Å². The van der Waals surface area contributed by atoms with E-state index in [0.29, 0.717) is 23.9 Å². The van der Waals surface area contributed by atoms with Crippen LogP contribution in [-0.2, 0) is 27.9 Å². The molecule has 10 heteroatoms. The van der Waals surface area contributed by atoms with Crippen LogP contribution in [0.1, 0.15) is 367 Å². The number of carbonyl (C=O) groups excluding carboxylic acids is 2. The van der Waals surface area contributed by atoms with E-state index in [1.807, 2.05) is 33.3 Å². The molecule has 0 aliphatic heterocycles. The zero-order chi connectivity index (χ0) is 62.1. The number of unbranched alkanes of at least 4 members (excludes halogenated alkanes) is 46. The SMILES string of the molecule is CCCCC/C=C\C/C=C\C/C=C\CCCCCCCCCCCCCCC(=O)OC(/C=C/CCCCCCCCCCC)C(COP(=O)(O)OCC[N+](C)(C)C)NC(=O)CCCCCCCCCCCCCCCCCCCCCCCCC. The average Bonchev–Trinajstić information content (AvgIpc) is 3.58. The van der Waals surface area contributed by atoms with Gasteiger partial charge in [0.05, 0.1) is 33.8 Å². The number of amides is 1. The lowest BCUT2D eigenvalue weighted by Crippen LogP contribution is -2.47. The van der Waals surface area contributed by atoms with Crippen LogP contribution in [0.3, 0.4) is 0 Å². The van der Waals surface area contributed by atoms with Gasteiger partial charge in [-0.1, -0.05) is 333 Å². The van der Waals surface area contributed by atoms with Gasteiger partial charge in [0.1, 0.15) is 19.3 Å². The summed E-state index contributed by atoms with van der Waals surface area (Å²) in [6.07, 6.45) is 82.7. The minimum atomic E-state index is -4.45. The molecule has 0 saturated heterocycles. The van der Waals surface area contributed by atoms with Gasteiger partial charge in [-0.15, -0.1) is 0 Å². The molecule has 2 N–H and O–H groups in total. The van der Waals surface area contributed by atoms with Crippen LogP contribution < -0.4 is 5.32 Å². The summed E-state index contributed by atoms with van der Waals surface area (Å²) in [7, 11) is 1.51. The molecule has 85 heavy (non-hydrogen) atoms. The summed E-state index contributed by atoms with van der Waals surface area (Å²) in [4.78, 5) is 37.9. The van der Waals surface area contributed by atoms with Crippen LogP contribution in [0.4, 0.5) is 0 Å². The van der Waals surface area contributed by atoms with Gasteiger partial charge < -0.3 is 19.4 Å². The lowest BCUT2D eigenvalue weighted by Gasteiger charge is -2.27. The first-order valence-electron chi connectivity index (χ1n) is 37.0. The zero-order valence-corrected chi connectivity index (χ0v) is 58.3. The predicted molar refractivity (Wildman–Crippen MR) is 369 cm³/mol. The van der Waals surface area contributed by atoms with E-state index >= 15 is 0 Å². The first-order chi connectivity index (χ1) is 41.4. The molecule has 9 nitrogen and oxygen atoms in total. The molecule has 0 heterocycles. The van der Waals surface area contributed by atoms with Gasteiger partial charge in [0.15, 0.2) is 0 Å². The molecular formula is C75H144N2O7P+. The Hall–Kier alpha value is -2.03. The number of nitrogens with one attached hydrogen (secondary N) is 1. The Bertz CT molecular complexity index is 1590. The van der Waals surface area contributed by atoms with Crippen LogP contribution in [0.2, 0.25) is 0 Å². The lowest BCUT2D eigenvalue weighted by atomic mass is 10.0. The summed E-state index contributed by atoms with van der Waals surface area (Å²) in [6, 6.07) is -0.847. The molecule has 0 radical (unpaired) electrons. The van der Waals surface area contributed by atoms with Crippen molar-refractivity contribution in [2.24, 2.45) is 0 Å². The van der Waals surface area contributed by atoms with Gasteiger partial charge in [-0.25, -0.2) is 4.57 Å². The molecule has 500 valence electrons. The number of rotatable bonds is 68. The van der Waals surface area contributed by atoms with Gasteiger partial charge in [-0.3, -0.25) is 18.6 Å². The number of carbonyl (C=O) groups is 2. The fourth-order valence-electron chi connectivity index (χ4n) is 11.1. The molecule has 1 amide bonds. The summed E-state index contributed by atoms with van der Waals surface area (Å²) >= 11 is 0. The predicted octanol–water partition coefficient (Wildman–Crippen LogP) is 23.6. The monoisotopic (exact) mass is 1220 g/mol. The second kappa shape index (κ2) is 64.9. The highest BCUT2D eigenvalue weighted by atomic mass is 31.2. The van der Waals surface area contributed by atoms with Gasteiger partial charge in [-0.05, 0) is 70.3 Å². The molecule has 0 fully saturated rings. The molecule has 0 aromatic rings. The molecule has 0 rings (SSSR count). The maximum atomic E-state index is 13.6. The van der Waals surface area contributed by atoms with Crippen molar-refractivity contribution in [3.05, 3.63) is 48.6 Å². The fourth-order valence-corrected chi connectivity index (χ4v) is 11.8. The molecule has 0 spiro atoms. The van der Waals surface area contributed by atoms with Crippen LogP contribution in [0, 0.1) is 0 Å². The standard InChI is InChI=1S/C75H143N2O7P/c1-7-10-13-16-19-22-25-27-29-31-33-35-37-38-40-42-44-46-48-50-53-56-59-62-65-68-75(79)84-73(66-63-60-57-54-51-24-21-18-15-12-9-3)72(71-83-85(80,81)82-70-69-77(4,5)6)76-74(78)67-64-61-58-55-52-49-47-45-43-41-39-36-34-32-30-28-26-23-20-17-14-11-8-2/h19,22,27,29,33,35,63,66,72-73H,7-18,20-21,23-26,28,30-32,34,36-62,64-65,67-71H2,1-6H3,(H-,76,78,80,81)/p+1/b22-19-,29-27-,35-33-,66-63+. The smallest absolute Gasteiger partial charge is 0.456 e. The molecule has 3 unspecified atom stereocenters. The molecular weight excluding hydrogens is 1070 g/mol. The molecule has 3 atom stereocenters. The number of likely N-dealkylation sites (N-methyl/N-ethyl adjacent to an activating group) is 1. The topological polar surface area (TPSA) is 111 Å². The van der Waals surface area contributed by atoms with Gasteiger partial charge >= 0.3 is 13.8 Å². The van der Waals surface area contributed by atoms with E-state index in [-0.39, 0.29) is 25.1 Å². The second-order valence-corrected chi connectivity index (χ2v) is 27.9. The van der Waals surface area contributed by atoms with Crippen molar-refractivity contribution in [1.82, 2.24) is 5.32 Å². The largest absolute Gasteiger partial charge is 0.472 e. The molecule has 0 aliphatic carbocycles. The van der Waals surface area contributed by atoms with Crippen molar-refractivity contribution in [2.45, 2.75) is 380 Å². The zero-order valence-electron chi connectivity index (χ0n) is 57.4. The number of phosphoric acid groups is 1. The van der Waals surface area contributed by atoms with Crippen LogP contribution in [0.5, 0.6) is 0 Å². The Kier molecular flexibility index (Phi) is 63.4. The van der Waals surface area contributed by atoms with Crippen molar-refractivity contribution in [1.29, 1.82) is 0 Å². The highest BCUT2D eigenvalue weighted by Crippen LogP contribution is 2.43. The van der Waals surface area contributed by atoms with Crippen molar-refractivity contribution < 1.29 is 37.3 Å². The fraction of sp³-hybridized carbons (Fsp3) is 0.867. The third kappa shape index (κ3) is 66.2. The van der Waals surface area contributed by atoms with Crippen molar-refractivity contribution >= 4 is 19.7 Å². The Morgan fingerprint density at radius 2 is 0.718 bits per heavy atom. The Labute approximate surface area is 529 Å². The quantitative estimate of drug-likeness (QED) is 0.0205. The minimum Gasteiger partial charge on any atom is -0.456 e. The highest BCUT2D eigenvalue weighted by molar-refractivity contribution is 7.47. The van der Waals surface area contributed by atoms with Crippen LogP contribution in [0.15, 0.2) is 48.6 Å². The van der Waals surface area contributed by atoms with Gasteiger partial charge in [0.2, 0.25) is 5.91 Å². The van der Waals surface area contributed by atoms with Gasteiger partial charge in [0.25, 0.3) is 0 Å². The molecule has 0 aromatic carbocycles. The van der Waals surface area contributed by atoms with E-state index in [9.17, 15) is 19.0 Å². The first kappa shape index (κ1) is 83.0. The molecule has 0 saturated carbocycles. The summed E-state index contributed by atoms with van der Waals surface area (Å²) in [5.41, 5.74) is 0. The van der Waals surface area contributed by atoms with Crippen LogP contribution in [-0.4, -0.2) is 74.3 Å². The minimum absolute atomic E-state index is 0.0421. The van der Waals surface area contributed by atoms with E-state index < -0.39 is 20.0 Å². The van der Waals surface area contributed by atoms with Crippen molar-refractivity contribution in [3.8, 4) is 0 Å². The number of quaternary nitrogens is 1. The van der Waals surface area contributed by atoms with Gasteiger partial charge in [0, 0.05) is 12.8 Å². The average molecular weight is 1220 g/mol. The lowest BCUT2D eigenvalue weighted by molar-refractivity contribution is -0.870. The van der Waals surface area contributed by atoms with Crippen LogP contribution in [0.25, 0.3) is 0 Å². The van der Waals surface area contributed by atoms with E-state index in [1.54, 1.807) is 0 Å². The molecule has 0 bridgehead atoms. The number of ether oxygens (including phenoxy) is 1. The maximum absolute atomic E-state index is 13.6. The summed E-state index contributed by atoms with van der Waals surface area (Å²) < 4.78 is 30.8. The maximum Gasteiger partial charge on any atom is 0.472 e. The highest BCUT2D eigenvalue weighted by Gasteiger charge is 2.30.